The van der Waals surface area contributed by atoms with Crippen molar-refractivity contribution in [3.05, 3.63) is 42.0 Å². The minimum atomic E-state index is -4.66. The number of methoxy groups -OCH3 is 1. The van der Waals surface area contributed by atoms with Gasteiger partial charge in [0.2, 0.25) is 0 Å². The van der Waals surface area contributed by atoms with Crippen LogP contribution in [-0.4, -0.2) is 29.5 Å². The summed E-state index contributed by atoms with van der Waals surface area (Å²) in [5, 5.41) is 0. The van der Waals surface area contributed by atoms with E-state index >= 15 is 0 Å². The first-order valence-corrected chi connectivity index (χ1v) is 7.46. The highest BCUT2D eigenvalue weighted by atomic mass is 31.2. The maximum atomic E-state index is 11.6. The Morgan fingerprint density at radius 1 is 1.33 bits per heavy atom. The summed E-state index contributed by atoms with van der Waals surface area (Å²) >= 11 is 0. The summed E-state index contributed by atoms with van der Waals surface area (Å²) in [5.41, 5.74) is 0.684. The average molecular weight is 316 g/mol. The van der Waals surface area contributed by atoms with E-state index in [1.165, 1.54) is 14.0 Å². The van der Waals surface area contributed by atoms with E-state index in [2.05, 4.69) is 11.1 Å². The fourth-order valence-electron chi connectivity index (χ4n) is 1.41. The van der Waals surface area contributed by atoms with Crippen LogP contribution in [0.5, 0.6) is 5.75 Å². The third-order valence-corrected chi connectivity index (χ3v) is 2.96. The first kappa shape index (κ1) is 17.4. The standard InChI is InChI=1S/C13H17O7P/c1-9(2)13(14)20-12(8-19-21(15,16)17)10-4-6-11(18-3)7-5-10/h4-7,12H,1,8H2,2-3H3,(H2,15,16,17). The number of phosphoric ester groups is 1. The highest BCUT2D eigenvalue weighted by Gasteiger charge is 2.23. The van der Waals surface area contributed by atoms with Crippen LogP contribution in [0, 0.1) is 0 Å². The largest absolute Gasteiger partial charge is 0.497 e. The van der Waals surface area contributed by atoms with Crippen LogP contribution in [0.15, 0.2) is 36.4 Å². The lowest BCUT2D eigenvalue weighted by Gasteiger charge is -2.19. The Hall–Kier alpha value is -1.66. The molecule has 0 bridgehead atoms. The van der Waals surface area contributed by atoms with Gasteiger partial charge in [-0.1, -0.05) is 18.7 Å². The van der Waals surface area contributed by atoms with Crippen molar-refractivity contribution in [2.75, 3.05) is 13.7 Å². The normalized spacial score (nSPS) is 12.6. The van der Waals surface area contributed by atoms with E-state index in [0.717, 1.165) is 0 Å². The minimum Gasteiger partial charge on any atom is -0.497 e. The molecule has 0 aliphatic carbocycles. The third kappa shape index (κ3) is 6.10. The first-order chi connectivity index (χ1) is 9.73. The second-order valence-electron chi connectivity index (χ2n) is 4.23. The molecule has 0 heterocycles. The number of esters is 1. The Bertz CT molecular complexity index is 546. The van der Waals surface area contributed by atoms with Gasteiger partial charge in [-0.15, -0.1) is 0 Å². The zero-order valence-corrected chi connectivity index (χ0v) is 12.6. The van der Waals surface area contributed by atoms with Gasteiger partial charge in [-0.25, -0.2) is 9.36 Å². The number of phosphoric acid groups is 1. The Kier molecular flexibility index (Phi) is 6.11. The predicted octanol–water partition coefficient (Wildman–Crippen LogP) is 1.96. The summed E-state index contributed by atoms with van der Waals surface area (Å²) < 4.78 is 25.3. The molecular formula is C13H17O7P. The van der Waals surface area contributed by atoms with Gasteiger partial charge in [0.15, 0.2) is 6.10 Å². The summed E-state index contributed by atoms with van der Waals surface area (Å²) in [5.74, 6) is -0.0789. The first-order valence-electron chi connectivity index (χ1n) is 5.93. The molecule has 1 rings (SSSR count). The van der Waals surface area contributed by atoms with E-state index in [1.54, 1.807) is 24.3 Å². The number of hydrogen-bond donors (Lipinski definition) is 2. The van der Waals surface area contributed by atoms with Gasteiger partial charge in [-0.3, -0.25) is 4.52 Å². The summed E-state index contributed by atoms with van der Waals surface area (Å²) in [7, 11) is -3.16. The van der Waals surface area contributed by atoms with Gasteiger partial charge in [-0.05, 0) is 24.6 Å². The lowest BCUT2D eigenvalue weighted by atomic mass is 10.1. The molecule has 1 unspecified atom stereocenters. The highest BCUT2D eigenvalue weighted by molar-refractivity contribution is 7.46. The van der Waals surface area contributed by atoms with Crippen LogP contribution in [-0.2, 0) is 18.6 Å². The van der Waals surface area contributed by atoms with E-state index in [-0.39, 0.29) is 5.57 Å². The lowest BCUT2D eigenvalue weighted by Crippen LogP contribution is -2.16. The smallest absolute Gasteiger partial charge is 0.469 e. The van der Waals surface area contributed by atoms with Gasteiger partial charge in [0.05, 0.1) is 13.7 Å². The molecular weight excluding hydrogens is 299 g/mol. The van der Waals surface area contributed by atoms with Crippen LogP contribution >= 0.6 is 7.82 Å². The highest BCUT2D eigenvalue weighted by Crippen LogP contribution is 2.37. The Morgan fingerprint density at radius 3 is 2.33 bits per heavy atom. The summed E-state index contributed by atoms with van der Waals surface area (Å²) in [6, 6.07) is 6.49. The van der Waals surface area contributed by atoms with E-state index < -0.39 is 26.5 Å². The number of rotatable bonds is 7. The Labute approximate surface area is 122 Å². The molecule has 0 fully saturated rings. The summed E-state index contributed by atoms with van der Waals surface area (Å²) in [4.78, 5) is 29.1. The van der Waals surface area contributed by atoms with Crippen molar-refractivity contribution >= 4 is 13.8 Å². The number of carbonyl (C=O) groups is 1. The summed E-state index contributed by atoms with van der Waals surface area (Å²) in [6.45, 7) is 4.44. The summed E-state index contributed by atoms with van der Waals surface area (Å²) in [6.07, 6.45) is -0.965. The van der Waals surface area contributed by atoms with Crippen LogP contribution < -0.4 is 4.74 Å². The van der Waals surface area contributed by atoms with E-state index in [0.29, 0.717) is 11.3 Å². The third-order valence-electron chi connectivity index (χ3n) is 2.48. The van der Waals surface area contributed by atoms with Gasteiger partial charge < -0.3 is 19.3 Å². The number of benzene rings is 1. The second kappa shape index (κ2) is 7.38. The van der Waals surface area contributed by atoms with Gasteiger partial charge in [0, 0.05) is 5.57 Å². The molecule has 8 heteroatoms. The predicted molar refractivity (Wildman–Crippen MR) is 74.6 cm³/mol. The van der Waals surface area contributed by atoms with Crippen molar-refractivity contribution in [3.8, 4) is 5.75 Å². The molecule has 0 radical (unpaired) electrons. The number of ether oxygens (including phenoxy) is 2. The van der Waals surface area contributed by atoms with E-state index in [1.807, 2.05) is 0 Å². The molecule has 0 aromatic heterocycles. The number of carbonyl (C=O) groups excluding carboxylic acids is 1. The van der Waals surface area contributed by atoms with Crippen molar-refractivity contribution < 1.29 is 33.1 Å². The van der Waals surface area contributed by atoms with E-state index in [9.17, 15) is 9.36 Å². The minimum absolute atomic E-state index is 0.171. The van der Waals surface area contributed by atoms with Crippen LogP contribution in [0.25, 0.3) is 0 Å². The van der Waals surface area contributed by atoms with Crippen LogP contribution in [0.3, 0.4) is 0 Å². The molecule has 0 aliphatic rings. The fraction of sp³-hybridized carbons (Fsp3) is 0.308. The zero-order chi connectivity index (χ0) is 16.0. The monoisotopic (exact) mass is 316 g/mol. The van der Waals surface area contributed by atoms with Crippen LogP contribution in [0.1, 0.15) is 18.6 Å². The molecule has 21 heavy (non-hydrogen) atoms. The topological polar surface area (TPSA) is 102 Å². The Balaban J connectivity index is 2.90. The molecule has 1 atom stereocenters. The maximum Gasteiger partial charge on any atom is 0.469 e. The quantitative estimate of drug-likeness (QED) is 0.450. The van der Waals surface area contributed by atoms with Gasteiger partial charge in [-0.2, -0.15) is 0 Å². The molecule has 2 N–H and O–H groups in total. The molecule has 0 saturated carbocycles. The van der Waals surface area contributed by atoms with Crippen molar-refractivity contribution in [1.82, 2.24) is 0 Å². The maximum absolute atomic E-state index is 11.6. The number of hydrogen-bond acceptors (Lipinski definition) is 5. The SMILES string of the molecule is C=C(C)C(=O)OC(COP(=O)(O)O)c1ccc(OC)cc1. The van der Waals surface area contributed by atoms with Crippen molar-refractivity contribution in [3.63, 3.8) is 0 Å². The molecule has 1 aromatic carbocycles. The molecule has 7 nitrogen and oxygen atoms in total. The van der Waals surface area contributed by atoms with Gasteiger partial charge >= 0.3 is 13.8 Å². The van der Waals surface area contributed by atoms with Crippen molar-refractivity contribution in [2.45, 2.75) is 13.0 Å². The second-order valence-corrected chi connectivity index (χ2v) is 5.47. The molecule has 0 saturated heterocycles. The van der Waals surface area contributed by atoms with Crippen LogP contribution in [0.2, 0.25) is 0 Å². The average Bonchev–Trinajstić information content (AvgIpc) is 2.42. The van der Waals surface area contributed by atoms with Crippen molar-refractivity contribution in [2.24, 2.45) is 0 Å². The Morgan fingerprint density at radius 2 is 1.90 bits per heavy atom. The van der Waals surface area contributed by atoms with Crippen LogP contribution in [0.4, 0.5) is 0 Å². The zero-order valence-electron chi connectivity index (χ0n) is 11.7. The molecule has 0 aliphatic heterocycles. The van der Waals surface area contributed by atoms with E-state index in [4.69, 9.17) is 19.3 Å². The molecule has 0 spiro atoms. The molecule has 0 amide bonds. The van der Waals surface area contributed by atoms with Gasteiger partial charge in [0.1, 0.15) is 5.75 Å². The lowest BCUT2D eigenvalue weighted by molar-refractivity contribution is -0.146. The van der Waals surface area contributed by atoms with Crippen molar-refractivity contribution in [1.29, 1.82) is 0 Å². The fourth-order valence-corrected chi connectivity index (χ4v) is 1.74. The molecule has 116 valence electrons. The molecule has 1 aromatic rings. The van der Waals surface area contributed by atoms with Gasteiger partial charge in [0.25, 0.3) is 0 Å².